The van der Waals surface area contributed by atoms with Crippen LogP contribution in [0.1, 0.15) is 19.8 Å². The van der Waals surface area contributed by atoms with Gasteiger partial charge in [-0.3, -0.25) is 4.79 Å². The summed E-state index contributed by atoms with van der Waals surface area (Å²) in [5.41, 5.74) is 0. The van der Waals surface area contributed by atoms with Crippen molar-refractivity contribution in [3.05, 3.63) is 0 Å². The maximum Gasteiger partial charge on any atom is 0.307 e. The van der Waals surface area contributed by atoms with E-state index in [0.29, 0.717) is 6.54 Å². The molecule has 1 saturated heterocycles. The van der Waals surface area contributed by atoms with Crippen molar-refractivity contribution in [1.29, 1.82) is 0 Å². The van der Waals surface area contributed by atoms with Crippen molar-refractivity contribution in [2.24, 2.45) is 11.8 Å². The minimum absolute atomic E-state index is 0.267. The molecular formula is C11H22N2O2. The summed E-state index contributed by atoms with van der Waals surface area (Å²) in [6.07, 6.45) is 2.43. The lowest BCUT2D eigenvalue weighted by atomic mass is 9.97. The van der Waals surface area contributed by atoms with Crippen LogP contribution in [0.5, 0.6) is 0 Å². The molecule has 4 heteroatoms. The van der Waals surface area contributed by atoms with E-state index < -0.39 is 5.97 Å². The normalized spacial score (nSPS) is 20.5. The molecule has 0 aromatic heterocycles. The van der Waals surface area contributed by atoms with Gasteiger partial charge in [0.1, 0.15) is 0 Å². The van der Waals surface area contributed by atoms with Crippen LogP contribution >= 0.6 is 0 Å². The molecule has 1 unspecified atom stereocenters. The van der Waals surface area contributed by atoms with Crippen molar-refractivity contribution in [3.63, 3.8) is 0 Å². The highest BCUT2D eigenvalue weighted by Gasteiger charge is 2.18. The van der Waals surface area contributed by atoms with Gasteiger partial charge in [0.15, 0.2) is 0 Å². The van der Waals surface area contributed by atoms with E-state index in [1.807, 2.05) is 7.05 Å². The highest BCUT2D eigenvalue weighted by atomic mass is 16.4. The summed E-state index contributed by atoms with van der Waals surface area (Å²) in [6, 6.07) is 0. The van der Waals surface area contributed by atoms with Gasteiger partial charge in [-0.25, -0.2) is 0 Å². The second kappa shape index (κ2) is 6.08. The minimum Gasteiger partial charge on any atom is -0.481 e. The van der Waals surface area contributed by atoms with Crippen LogP contribution in [0.15, 0.2) is 0 Å². The summed E-state index contributed by atoms with van der Waals surface area (Å²) in [5, 5.41) is 12.1. The molecular weight excluding hydrogens is 192 g/mol. The lowest BCUT2D eigenvalue weighted by molar-refractivity contribution is -0.141. The van der Waals surface area contributed by atoms with Gasteiger partial charge < -0.3 is 15.3 Å². The summed E-state index contributed by atoms with van der Waals surface area (Å²) in [4.78, 5) is 12.8. The Morgan fingerprint density at radius 1 is 1.53 bits per heavy atom. The fraction of sp³-hybridized carbons (Fsp3) is 0.909. The molecule has 1 heterocycles. The van der Waals surface area contributed by atoms with Crippen molar-refractivity contribution in [2.75, 3.05) is 33.2 Å². The van der Waals surface area contributed by atoms with Gasteiger partial charge in [-0.05, 0) is 38.9 Å². The molecule has 0 amide bonds. The lowest BCUT2D eigenvalue weighted by Gasteiger charge is -2.28. The van der Waals surface area contributed by atoms with Gasteiger partial charge in [-0.2, -0.15) is 0 Å². The highest BCUT2D eigenvalue weighted by molar-refractivity contribution is 5.69. The van der Waals surface area contributed by atoms with Crippen LogP contribution in [0.3, 0.4) is 0 Å². The number of aliphatic carboxylic acids is 1. The third-order valence-electron chi connectivity index (χ3n) is 3.04. The molecule has 0 aromatic rings. The Labute approximate surface area is 91.6 Å². The Hall–Kier alpha value is -0.610. The molecule has 1 rings (SSSR count). The smallest absolute Gasteiger partial charge is 0.307 e. The number of hydrogen-bond acceptors (Lipinski definition) is 3. The molecule has 0 aliphatic carbocycles. The van der Waals surface area contributed by atoms with Gasteiger partial charge in [-0.15, -0.1) is 0 Å². The van der Waals surface area contributed by atoms with Gasteiger partial charge in [0.2, 0.25) is 0 Å². The maximum absolute atomic E-state index is 10.7. The molecule has 0 bridgehead atoms. The van der Waals surface area contributed by atoms with Crippen LogP contribution in [0, 0.1) is 11.8 Å². The van der Waals surface area contributed by atoms with E-state index in [1.54, 1.807) is 6.92 Å². The molecule has 0 saturated carbocycles. The van der Waals surface area contributed by atoms with Gasteiger partial charge in [0, 0.05) is 13.1 Å². The van der Waals surface area contributed by atoms with E-state index in [1.165, 1.54) is 12.8 Å². The number of rotatable bonds is 5. The van der Waals surface area contributed by atoms with E-state index in [9.17, 15) is 4.79 Å². The van der Waals surface area contributed by atoms with Crippen LogP contribution < -0.4 is 5.32 Å². The number of nitrogens with one attached hydrogen (secondary N) is 1. The van der Waals surface area contributed by atoms with Crippen LogP contribution in [-0.4, -0.2) is 49.2 Å². The summed E-state index contributed by atoms with van der Waals surface area (Å²) in [7, 11) is 2.02. The number of hydrogen-bond donors (Lipinski definition) is 2. The summed E-state index contributed by atoms with van der Waals surface area (Å²) in [5.74, 6) is -0.235. The molecule has 0 radical (unpaired) electrons. The summed E-state index contributed by atoms with van der Waals surface area (Å²) >= 11 is 0. The fourth-order valence-electron chi connectivity index (χ4n) is 2.13. The van der Waals surface area contributed by atoms with E-state index in [-0.39, 0.29) is 5.92 Å². The molecule has 4 nitrogen and oxygen atoms in total. The van der Waals surface area contributed by atoms with Crippen LogP contribution in [0.4, 0.5) is 0 Å². The van der Waals surface area contributed by atoms with Crippen molar-refractivity contribution >= 4 is 5.97 Å². The van der Waals surface area contributed by atoms with Crippen molar-refractivity contribution in [3.8, 4) is 0 Å². The monoisotopic (exact) mass is 214 g/mol. The standard InChI is InChI=1S/C11H22N2O2/c1-9(11(14)15)7-13(2)8-10-3-5-12-6-4-10/h9-10,12H,3-8H2,1-2H3,(H,14,15). The number of nitrogens with zero attached hydrogens (tertiary/aromatic N) is 1. The number of carboxylic acid groups (broad SMARTS) is 1. The zero-order valence-corrected chi connectivity index (χ0v) is 9.70. The SMILES string of the molecule is CC(CN(C)CC1CCNCC1)C(=O)O. The molecule has 1 atom stereocenters. The quantitative estimate of drug-likeness (QED) is 0.705. The second-order valence-electron chi connectivity index (χ2n) is 4.65. The third kappa shape index (κ3) is 4.62. The zero-order valence-electron chi connectivity index (χ0n) is 9.70. The minimum atomic E-state index is -0.702. The van der Waals surface area contributed by atoms with Gasteiger partial charge >= 0.3 is 5.97 Å². The first-order valence-electron chi connectivity index (χ1n) is 5.71. The average Bonchev–Trinajstić information content (AvgIpc) is 2.18. The van der Waals surface area contributed by atoms with Gasteiger partial charge in [0.05, 0.1) is 5.92 Å². The van der Waals surface area contributed by atoms with Crippen LogP contribution in [-0.2, 0) is 4.79 Å². The second-order valence-corrected chi connectivity index (χ2v) is 4.65. The first kappa shape index (κ1) is 12.5. The summed E-state index contributed by atoms with van der Waals surface area (Å²) < 4.78 is 0. The molecule has 0 aromatic carbocycles. The molecule has 2 N–H and O–H groups in total. The fourth-order valence-corrected chi connectivity index (χ4v) is 2.13. The predicted octanol–water partition coefficient (Wildman–Crippen LogP) is 0.639. The van der Waals surface area contributed by atoms with E-state index >= 15 is 0 Å². The average molecular weight is 214 g/mol. The Balaban J connectivity index is 2.22. The topological polar surface area (TPSA) is 52.6 Å². The Kier molecular flexibility index (Phi) is 5.05. The third-order valence-corrected chi connectivity index (χ3v) is 3.04. The Bertz CT molecular complexity index is 203. The van der Waals surface area contributed by atoms with E-state index in [0.717, 1.165) is 25.6 Å². The van der Waals surface area contributed by atoms with Gasteiger partial charge in [-0.1, -0.05) is 6.92 Å². The van der Waals surface area contributed by atoms with E-state index in [4.69, 9.17) is 5.11 Å². The van der Waals surface area contributed by atoms with Crippen molar-refractivity contribution < 1.29 is 9.90 Å². The lowest BCUT2D eigenvalue weighted by Crippen LogP contribution is -2.37. The first-order valence-corrected chi connectivity index (χ1v) is 5.71. The molecule has 15 heavy (non-hydrogen) atoms. The zero-order chi connectivity index (χ0) is 11.3. The van der Waals surface area contributed by atoms with Crippen LogP contribution in [0.2, 0.25) is 0 Å². The molecule has 1 fully saturated rings. The first-order chi connectivity index (χ1) is 7.09. The number of carboxylic acids is 1. The highest BCUT2D eigenvalue weighted by Crippen LogP contribution is 2.13. The van der Waals surface area contributed by atoms with E-state index in [2.05, 4.69) is 10.2 Å². The molecule has 1 aliphatic rings. The van der Waals surface area contributed by atoms with Gasteiger partial charge in [0.25, 0.3) is 0 Å². The summed E-state index contributed by atoms with van der Waals surface area (Å²) in [6.45, 7) is 5.65. The molecule has 88 valence electrons. The van der Waals surface area contributed by atoms with Crippen LogP contribution in [0.25, 0.3) is 0 Å². The molecule has 0 spiro atoms. The number of carbonyl (C=O) groups is 1. The van der Waals surface area contributed by atoms with Crippen molar-refractivity contribution in [1.82, 2.24) is 10.2 Å². The predicted molar refractivity (Wildman–Crippen MR) is 59.9 cm³/mol. The van der Waals surface area contributed by atoms with Crippen molar-refractivity contribution in [2.45, 2.75) is 19.8 Å². The molecule has 1 aliphatic heterocycles. The maximum atomic E-state index is 10.7. The Morgan fingerprint density at radius 2 is 2.13 bits per heavy atom. The number of piperidine rings is 1. The Morgan fingerprint density at radius 3 is 2.67 bits per heavy atom. The largest absolute Gasteiger partial charge is 0.481 e.